The van der Waals surface area contributed by atoms with Gasteiger partial charge in [-0.2, -0.15) is 0 Å². The van der Waals surface area contributed by atoms with Crippen molar-refractivity contribution in [1.82, 2.24) is 0 Å². The first-order valence-corrected chi connectivity index (χ1v) is 4.70. The SMILES string of the molecule is COC(=O)N(C(C)=O)c1ccccc1C(=O)O. The van der Waals surface area contributed by atoms with Crippen molar-refractivity contribution >= 4 is 23.7 Å². The molecule has 0 radical (unpaired) electrons. The molecule has 0 bridgehead atoms. The first-order valence-electron chi connectivity index (χ1n) is 4.70. The zero-order chi connectivity index (χ0) is 13.0. The number of para-hydroxylation sites is 1. The quantitative estimate of drug-likeness (QED) is 0.842. The predicted octanol–water partition coefficient (Wildman–Crippen LogP) is 1.50. The van der Waals surface area contributed by atoms with Gasteiger partial charge in [0.2, 0.25) is 5.91 Å². The van der Waals surface area contributed by atoms with E-state index < -0.39 is 18.0 Å². The number of hydrogen-bond acceptors (Lipinski definition) is 4. The number of carboxylic acid groups (broad SMARTS) is 1. The fraction of sp³-hybridized carbons (Fsp3) is 0.182. The van der Waals surface area contributed by atoms with Crippen molar-refractivity contribution in [3.8, 4) is 0 Å². The lowest BCUT2D eigenvalue weighted by Gasteiger charge is -2.19. The second-order valence-electron chi connectivity index (χ2n) is 3.15. The molecule has 0 unspecified atom stereocenters. The summed E-state index contributed by atoms with van der Waals surface area (Å²) in [6.07, 6.45) is -0.925. The predicted molar refractivity (Wildman–Crippen MR) is 59.0 cm³/mol. The number of rotatable bonds is 2. The van der Waals surface area contributed by atoms with Crippen LogP contribution in [0.2, 0.25) is 0 Å². The molecule has 0 heterocycles. The molecule has 1 aromatic carbocycles. The van der Waals surface area contributed by atoms with E-state index in [-0.39, 0.29) is 11.3 Å². The highest BCUT2D eigenvalue weighted by Crippen LogP contribution is 2.21. The fourth-order valence-electron chi connectivity index (χ4n) is 1.34. The van der Waals surface area contributed by atoms with Crippen LogP contribution in [0.25, 0.3) is 0 Å². The molecule has 0 aliphatic carbocycles. The van der Waals surface area contributed by atoms with Gasteiger partial charge in [0, 0.05) is 6.92 Å². The number of aromatic carboxylic acids is 1. The number of ether oxygens (including phenoxy) is 1. The fourth-order valence-corrected chi connectivity index (χ4v) is 1.34. The highest BCUT2D eigenvalue weighted by molar-refractivity contribution is 6.14. The van der Waals surface area contributed by atoms with E-state index in [1.54, 1.807) is 0 Å². The molecule has 0 aromatic heterocycles. The number of imide groups is 1. The molecule has 0 fully saturated rings. The monoisotopic (exact) mass is 237 g/mol. The summed E-state index contributed by atoms with van der Waals surface area (Å²) in [6.45, 7) is 1.15. The van der Waals surface area contributed by atoms with Crippen molar-refractivity contribution in [3.63, 3.8) is 0 Å². The van der Waals surface area contributed by atoms with E-state index in [4.69, 9.17) is 5.11 Å². The van der Waals surface area contributed by atoms with Gasteiger partial charge in [0.05, 0.1) is 18.4 Å². The molecule has 0 saturated heterocycles. The first-order chi connectivity index (χ1) is 7.99. The van der Waals surface area contributed by atoms with Crippen LogP contribution in [-0.2, 0) is 9.53 Å². The minimum Gasteiger partial charge on any atom is -0.478 e. The number of nitrogens with zero attached hydrogens (tertiary/aromatic N) is 1. The van der Waals surface area contributed by atoms with Gasteiger partial charge in [-0.25, -0.2) is 14.5 Å². The average molecular weight is 237 g/mol. The molecule has 0 spiro atoms. The Hall–Kier alpha value is -2.37. The zero-order valence-electron chi connectivity index (χ0n) is 9.34. The summed E-state index contributed by atoms with van der Waals surface area (Å²) < 4.78 is 4.44. The average Bonchev–Trinajstić information content (AvgIpc) is 2.29. The van der Waals surface area contributed by atoms with Gasteiger partial charge in [-0.1, -0.05) is 12.1 Å². The lowest BCUT2D eigenvalue weighted by molar-refractivity contribution is -0.116. The minimum absolute atomic E-state index is 0.0145. The molecule has 2 amide bonds. The third-order valence-electron chi connectivity index (χ3n) is 2.05. The number of amides is 2. The number of methoxy groups -OCH3 is 1. The van der Waals surface area contributed by atoms with Crippen LogP contribution in [0.5, 0.6) is 0 Å². The summed E-state index contributed by atoms with van der Waals surface area (Å²) >= 11 is 0. The Labute approximate surface area is 97.4 Å². The Morgan fingerprint density at radius 1 is 1.24 bits per heavy atom. The zero-order valence-corrected chi connectivity index (χ0v) is 9.34. The van der Waals surface area contributed by atoms with Crippen LogP contribution in [0.4, 0.5) is 10.5 Å². The van der Waals surface area contributed by atoms with Gasteiger partial charge in [-0.3, -0.25) is 4.79 Å². The molecule has 1 rings (SSSR count). The lowest BCUT2D eigenvalue weighted by atomic mass is 10.1. The van der Waals surface area contributed by atoms with Gasteiger partial charge in [0.15, 0.2) is 0 Å². The van der Waals surface area contributed by atoms with Crippen molar-refractivity contribution in [2.24, 2.45) is 0 Å². The molecule has 1 N–H and O–H groups in total. The van der Waals surface area contributed by atoms with E-state index >= 15 is 0 Å². The van der Waals surface area contributed by atoms with Crippen molar-refractivity contribution < 1.29 is 24.2 Å². The highest BCUT2D eigenvalue weighted by atomic mass is 16.5. The van der Waals surface area contributed by atoms with Gasteiger partial charge in [0.1, 0.15) is 0 Å². The van der Waals surface area contributed by atoms with Gasteiger partial charge in [-0.05, 0) is 12.1 Å². The summed E-state index contributed by atoms with van der Waals surface area (Å²) in [6, 6.07) is 5.70. The smallest absolute Gasteiger partial charge is 0.420 e. The van der Waals surface area contributed by atoms with Crippen LogP contribution in [0.1, 0.15) is 17.3 Å². The Balaban J connectivity index is 3.33. The van der Waals surface area contributed by atoms with Gasteiger partial charge in [-0.15, -0.1) is 0 Å². The molecular weight excluding hydrogens is 226 g/mol. The maximum absolute atomic E-state index is 11.4. The van der Waals surface area contributed by atoms with Crippen LogP contribution < -0.4 is 4.90 Å². The van der Waals surface area contributed by atoms with Crippen molar-refractivity contribution in [1.29, 1.82) is 0 Å². The molecule has 0 saturated carbocycles. The normalized spacial score (nSPS) is 9.53. The van der Waals surface area contributed by atoms with Crippen LogP contribution in [0, 0.1) is 0 Å². The van der Waals surface area contributed by atoms with Crippen molar-refractivity contribution in [3.05, 3.63) is 29.8 Å². The summed E-state index contributed by atoms with van der Waals surface area (Å²) in [4.78, 5) is 34.4. The number of carbonyl (C=O) groups is 3. The maximum atomic E-state index is 11.4. The summed E-state index contributed by atoms with van der Waals surface area (Å²) in [7, 11) is 1.11. The van der Waals surface area contributed by atoms with Crippen molar-refractivity contribution in [2.45, 2.75) is 6.92 Å². The van der Waals surface area contributed by atoms with Gasteiger partial charge in [0.25, 0.3) is 0 Å². The van der Waals surface area contributed by atoms with Gasteiger partial charge < -0.3 is 9.84 Å². The van der Waals surface area contributed by atoms with Crippen molar-refractivity contribution in [2.75, 3.05) is 12.0 Å². The van der Waals surface area contributed by atoms with E-state index in [0.29, 0.717) is 4.90 Å². The first kappa shape index (κ1) is 12.7. The second-order valence-corrected chi connectivity index (χ2v) is 3.15. The molecule has 90 valence electrons. The standard InChI is InChI=1S/C11H11NO5/c1-7(13)12(11(16)17-2)9-6-4-3-5-8(9)10(14)15/h3-6H,1-2H3,(H,14,15). The van der Waals surface area contributed by atoms with E-state index in [0.717, 1.165) is 14.0 Å². The molecule has 0 atom stereocenters. The van der Waals surface area contributed by atoms with E-state index in [1.165, 1.54) is 24.3 Å². The van der Waals surface area contributed by atoms with Crippen LogP contribution in [0.15, 0.2) is 24.3 Å². The molecular formula is C11H11NO5. The van der Waals surface area contributed by atoms with E-state index in [1.807, 2.05) is 0 Å². The Bertz CT molecular complexity index is 469. The van der Waals surface area contributed by atoms with E-state index in [9.17, 15) is 14.4 Å². The third-order valence-corrected chi connectivity index (χ3v) is 2.05. The molecule has 0 aliphatic rings. The molecule has 1 aromatic rings. The second kappa shape index (κ2) is 5.11. The molecule has 6 heteroatoms. The Kier molecular flexibility index (Phi) is 3.82. The minimum atomic E-state index is -1.23. The largest absolute Gasteiger partial charge is 0.478 e. The summed E-state index contributed by atoms with van der Waals surface area (Å²) in [5.74, 6) is -1.85. The van der Waals surface area contributed by atoms with Crippen LogP contribution >= 0.6 is 0 Å². The number of benzene rings is 1. The maximum Gasteiger partial charge on any atom is 0.420 e. The van der Waals surface area contributed by atoms with E-state index in [2.05, 4.69) is 4.74 Å². The topological polar surface area (TPSA) is 83.9 Å². The Morgan fingerprint density at radius 2 is 1.82 bits per heavy atom. The molecule has 0 aliphatic heterocycles. The highest BCUT2D eigenvalue weighted by Gasteiger charge is 2.25. The number of hydrogen-bond donors (Lipinski definition) is 1. The Morgan fingerprint density at radius 3 is 2.29 bits per heavy atom. The van der Waals surface area contributed by atoms with Crippen LogP contribution in [0.3, 0.4) is 0 Å². The number of carbonyl (C=O) groups excluding carboxylic acids is 2. The molecule has 6 nitrogen and oxygen atoms in total. The molecule has 17 heavy (non-hydrogen) atoms. The van der Waals surface area contributed by atoms with Crippen LogP contribution in [-0.4, -0.2) is 30.2 Å². The number of anilines is 1. The third kappa shape index (κ3) is 2.60. The van der Waals surface area contributed by atoms with Gasteiger partial charge >= 0.3 is 12.1 Å². The summed E-state index contributed by atoms with van der Waals surface area (Å²) in [5.41, 5.74) is -0.160. The number of carboxylic acids is 1. The lowest BCUT2D eigenvalue weighted by Crippen LogP contribution is -2.36. The summed E-state index contributed by atoms with van der Waals surface area (Å²) in [5, 5.41) is 8.96.